The zero-order valence-corrected chi connectivity index (χ0v) is 22.9. The molecule has 1 aliphatic rings. The summed E-state index contributed by atoms with van der Waals surface area (Å²) in [5, 5.41) is 15.5. The van der Waals surface area contributed by atoms with Gasteiger partial charge >= 0.3 is 5.97 Å². The third-order valence-corrected chi connectivity index (χ3v) is 9.25. The molecular weight excluding hydrogens is 492 g/mol. The van der Waals surface area contributed by atoms with Crippen molar-refractivity contribution in [2.24, 2.45) is 0 Å². The van der Waals surface area contributed by atoms with Crippen LogP contribution < -0.4 is 15.4 Å². The van der Waals surface area contributed by atoms with Crippen molar-refractivity contribution in [3.63, 3.8) is 0 Å². The van der Waals surface area contributed by atoms with Crippen molar-refractivity contribution < 1.29 is 27.9 Å². The number of ether oxygens (including phenoxy) is 1. The van der Waals surface area contributed by atoms with E-state index in [2.05, 4.69) is 17.6 Å². The summed E-state index contributed by atoms with van der Waals surface area (Å²) in [7, 11) is -0.773. The Balaban J connectivity index is 2.13. The number of Topliss-reactive ketones (excluding diaryl/α,β-unsaturated/α-hetero) is 1. The largest absolute Gasteiger partial charge is 0.496 e. The first-order valence-corrected chi connectivity index (χ1v) is 14.5. The van der Waals surface area contributed by atoms with E-state index in [4.69, 9.17) is 4.74 Å². The fraction of sp³-hybridized carbons (Fsp3) is 0.500. The second kappa shape index (κ2) is 12.2. The molecule has 0 saturated heterocycles. The maximum atomic E-state index is 13.9. The van der Waals surface area contributed by atoms with Gasteiger partial charge in [-0.1, -0.05) is 57.0 Å². The standard InChI is InChI=1S/C28H38N2O6S/c1-5-7-15-28(6-2)18-37(34,35)24-16-20(13-14-22(31)26(29-3)27(32)33)23(36-4)17-21(24)25(30-28)19-11-9-8-10-12-19/h8-12,16-17,25-26,29-30H,5-7,13-15,18H2,1-4H3,(H,32,33)/t25-,26?,28-/m1/s1. The van der Waals surface area contributed by atoms with E-state index in [1.165, 1.54) is 14.2 Å². The predicted octanol–water partition coefficient (Wildman–Crippen LogP) is 3.67. The minimum atomic E-state index is -3.70. The number of ketones is 1. The summed E-state index contributed by atoms with van der Waals surface area (Å²) in [4.78, 5) is 24.1. The maximum Gasteiger partial charge on any atom is 0.328 e. The molecule has 0 aliphatic carbocycles. The monoisotopic (exact) mass is 530 g/mol. The van der Waals surface area contributed by atoms with E-state index >= 15 is 0 Å². The minimum absolute atomic E-state index is 0.0294. The fourth-order valence-electron chi connectivity index (χ4n) is 5.14. The number of fused-ring (bicyclic) bond motifs is 1. The molecule has 0 radical (unpaired) electrons. The molecule has 3 atom stereocenters. The molecule has 0 bridgehead atoms. The highest BCUT2D eigenvalue weighted by molar-refractivity contribution is 7.91. The molecule has 2 aromatic rings. The van der Waals surface area contributed by atoms with Crippen LogP contribution in [0.15, 0.2) is 47.4 Å². The number of nitrogens with one attached hydrogen (secondary N) is 2. The summed E-state index contributed by atoms with van der Waals surface area (Å²) >= 11 is 0. The van der Waals surface area contributed by atoms with Crippen LogP contribution in [0.5, 0.6) is 5.75 Å². The molecule has 0 saturated carbocycles. The zero-order chi connectivity index (χ0) is 27.2. The smallest absolute Gasteiger partial charge is 0.328 e. The Morgan fingerprint density at radius 3 is 2.49 bits per heavy atom. The molecule has 1 heterocycles. The summed E-state index contributed by atoms with van der Waals surface area (Å²) < 4.78 is 33.5. The van der Waals surface area contributed by atoms with Gasteiger partial charge in [0.2, 0.25) is 0 Å². The highest BCUT2D eigenvalue weighted by Gasteiger charge is 2.42. The van der Waals surface area contributed by atoms with E-state index in [-0.39, 0.29) is 29.5 Å². The van der Waals surface area contributed by atoms with Crippen LogP contribution in [0.2, 0.25) is 0 Å². The van der Waals surface area contributed by atoms with E-state index in [0.29, 0.717) is 23.3 Å². The van der Waals surface area contributed by atoms with Crippen molar-refractivity contribution in [2.75, 3.05) is 19.9 Å². The van der Waals surface area contributed by atoms with Gasteiger partial charge in [-0.05, 0) is 55.1 Å². The Bertz CT molecular complexity index is 1210. The van der Waals surface area contributed by atoms with Crippen LogP contribution in [0.4, 0.5) is 0 Å². The molecule has 0 spiro atoms. The number of aliphatic carboxylic acids is 1. The van der Waals surface area contributed by atoms with Crippen LogP contribution in [-0.4, -0.2) is 56.8 Å². The quantitative estimate of drug-likeness (QED) is 0.355. The minimum Gasteiger partial charge on any atom is -0.496 e. The summed E-state index contributed by atoms with van der Waals surface area (Å²) in [6, 6.07) is 11.5. The lowest BCUT2D eigenvalue weighted by Crippen LogP contribution is -2.50. The predicted molar refractivity (Wildman–Crippen MR) is 143 cm³/mol. The first-order valence-electron chi connectivity index (χ1n) is 12.8. The van der Waals surface area contributed by atoms with Crippen molar-refractivity contribution in [1.29, 1.82) is 0 Å². The molecule has 8 nitrogen and oxygen atoms in total. The van der Waals surface area contributed by atoms with Gasteiger partial charge in [-0.3, -0.25) is 14.9 Å². The van der Waals surface area contributed by atoms with Crippen LogP contribution >= 0.6 is 0 Å². The van der Waals surface area contributed by atoms with Gasteiger partial charge in [0.05, 0.1) is 23.8 Å². The highest BCUT2D eigenvalue weighted by Crippen LogP contribution is 2.41. The average molecular weight is 531 g/mol. The Kier molecular flexibility index (Phi) is 9.50. The van der Waals surface area contributed by atoms with Crippen LogP contribution in [0.1, 0.15) is 68.7 Å². The normalized spacial score (nSPS) is 21.5. The molecule has 0 aromatic heterocycles. The number of hydrogen-bond acceptors (Lipinski definition) is 7. The number of hydrogen-bond donors (Lipinski definition) is 3. The van der Waals surface area contributed by atoms with Gasteiger partial charge in [-0.25, -0.2) is 8.42 Å². The second-order valence-corrected chi connectivity index (χ2v) is 11.7. The number of unbranched alkanes of at least 4 members (excludes halogenated alkanes) is 1. The van der Waals surface area contributed by atoms with E-state index in [1.54, 1.807) is 12.1 Å². The lowest BCUT2D eigenvalue weighted by molar-refractivity contribution is -0.143. The van der Waals surface area contributed by atoms with Gasteiger partial charge in [0.1, 0.15) is 5.75 Å². The van der Waals surface area contributed by atoms with Crippen LogP contribution in [0.3, 0.4) is 0 Å². The molecule has 1 aliphatic heterocycles. The van der Waals surface area contributed by atoms with Crippen molar-refractivity contribution in [1.82, 2.24) is 10.6 Å². The second-order valence-electron chi connectivity index (χ2n) is 9.71. The van der Waals surface area contributed by atoms with Gasteiger partial charge in [-0.15, -0.1) is 0 Å². The van der Waals surface area contributed by atoms with Crippen LogP contribution in [-0.2, 0) is 25.8 Å². The Morgan fingerprint density at radius 2 is 1.92 bits per heavy atom. The number of carboxylic acid groups (broad SMARTS) is 1. The Morgan fingerprint density at radius 1 is 1.22 bits per heavy atom. The third-order valence-electron chi connectivity index (χ3n) is 7.29. The molecule has 9 heteroatoms. The van der Waals surface area contributed by atoms with Crippen molar-refractivity contribution >= 4 is 21.6 Å². The van der Waals surface area contributed by atoms with E-state index in [9.17, 15) is 23.1 Å². The highest BCUT2D eigenvalue weighted by atomic mass is 32.2. The van der Waals surface area contributed by atoms with Gasteiger partial charge in [0.15, 0.2) is 21.7 Å². The lowest BCUT2D eigenvalue weighted by atomic mass is 9.87. The molecule has 2 aromatic carbocycles. The van der Waals surface area contributed by atoms with Crippen LogP contribution in [0.25, 0.3) is 0 Å². The number of benzene rings is 2. The fourth-order valence-corrected chi connectivity index (χ4v) is 7.31. The topological polar surface area (TPSA) is 122 Å². The number of carbonyl (C=O) groups is 2. The summed E-state index contributed by atoms with van der Waals surface area (Å²) in [6.45, 7) is 4.12. The molecule has 3 N–H and O–H groups in total. The SMILES string of the molecule is CCCC[C@]1(CC)CS(=O)(=O)c2cc(CCC(=O)C(NC)C(=O)O)c(OC)cc2[C@@H](c2ccccc2)N1. The number of sulfone groups is 1. The molecule has 0 fully saturated rings. The molecular formula is C28H38N2O6S. The number of aryl methyl sites for hydroxylation is 1. The number of carbonyl (C=O) groups excluding carboxylic acids is 1. The molecule has 1 unspecified atom stereocenters. The van der Waals surface area contributed by atoms with Crippen LogP contribution in [0, 0.1) is 0 Å². The molecule has 202 valence electrons. The number of likely N-dealkylation sites (N-methyl/N-ethyl adjacent to an activating group) is 1. The van der Waals surface area contributed by atoms with E-state index < -0.39 is 33.2 Å². The van der Waals surface area contributed by atoms with Gasteiger partial charge in [-0.2, -0.15) is 0 Å². The third kappa shape index (κ3) is 6.40. The van der Waals surface area contributed by atoms with E-state index in [0.717, 1.165) is 24.8 Å². The summed E-state index contributed by atoms with van der Waals surface area (Å²) in [5.74, 6) is -1.29. The molecule has 0 amide bonds. The number of carboxylic acids is 1. The average Bonchev–Trinajstić information content (AvgIpc) is 2.98. The van der Waals surface area contributed by atoms with Crippen molar-refractivity contribution in [3.05, 3.63) is 59.2 Å². The molecule has 37 heavy (non-hydrogen) atoms. The van der Waals surface area contributed by atoms with E-state index in [1.807, 2.05) is 37.3 Å². The molecule has 3 rings (SSSR count). The van der Waals surface area contributed by atoms with Gasteiger partial charge in [0.25, 0.3) is 0 Å². The number of rotatable bonds is 12. The van der Waals surface area contributed by atoms with Gasteiger partial charge < -0.3 is 15.2 Å². The zero-order valence-electron chi connectivity index (χ0n) is 22.0. The van der Waals surface area contributed by atoms with Gasteiger partial charge in [0, 0.05) is 12.0 Å². The first kappa shape index (κ1) is 28.8. The summed E-state index contributed by atoms with van der Waals surface area (Å²) in [5.41, 5.74) is 1.53. The Labute approximate surface area is 219 Å². The lowest BCUT2D eigenvalue weighted by Gasteiger charge is -2.36. The Hall–Kier alpha value is -2.75. The van der Waals surface area contributed by atoms with Crippen molar-refractivity contribution in [3.8, 4) is 5.75 Å². The van der Waals surface area contributed by atoms with Crippen molar-refractivity contribution in [2.45, 2.75) is 74.9 Å². The number of methoxy groups -OCH3 is 1. The maximum absolute atomic E-state index is 13.9. The first-order chi connectivity index (χ1) is 17.6. The summed E-state index contributed by atoms with van der Waals surface area (Å²) in [6.07, 6.45) is 3.35.